The number of halogens is 2. The van der Waals surface area contributed by atoms with E-state index in [9.17, 15) is 14.7 Å². The summed E-state index contributed by atoms with van der Waals surface area (Å²) < 4.78 is 7.67. The van der Waals surface area contributed by atoms with E-state index < -0.39 is 5.97 Å². The third-order valence-corrected chi connectivity index (χ3v) is 5.72. The maximum Gasteiger partial charge on any atom is 0.335 e. The van der Waals surface area contributed by atoms with Crippen molar-refractivity contribution in [2.24, 2.45) is 5.10 Å². The van der Waals surface area contributed by atoms with Crippen LogP contribution in [0, 0.1) is 7.14 Å². The summed E-state index contributed by atoms with van der Waals surface area (Å²) in [7, 11) is 0. The molecule has 0 saturated heterocycles. The van der Waals surface area contributed by atoms with Crippen LogP contribution in [0.4, 0.5) is 0 Å². The van der Waals surface area contributed by atoms with Gasteiger partial charge >= 0.3 is 5.97 Å². The molecule has 0 bridgehead atoms. The maximum absolute atomic E-state index is 12.1. The molecule has 0 aromatic heterocycles. The zero-order chi connectivity index (χ0) is 22.4. The first-order chi connectivity index (χ1) is 14.8. The van der Waals surface area contributed by atoms with Crippen molar-refractivity contribution in [3.63, 3.8) is 0 Å². The molecule has 3 N–H and O–H groups in total. The Hall–Kier alpha value is -2.67. The number of carbonyl (C=O) groups excluding carboxylic acids is 1. The predicted molar refractivity (Wildman–Crippen MR) is 133 cm³/mol. The third kappa shape index (κ3) is 6.40. The number of hydrazone groups is 1. The molecule has 0 radical (unpaired) electrons. The Labute approximate surface area is 205 Å². The standard InChI is InChI=1S/C22H16I2N2O5/c23-18-9-14(11-25-26-21(28)15-5-7-17(27)8-6-15)10-19(24)20(18)31-12-13-1-3-16(4-2-13)22(29)30/h1-11,27H,12H2,(H,26,28)(H,29,30)/b25-11-. The maximum atomic E-state index is 12.1. The molecule has 3 aromatic rings. The zero-order valence-corrected chi connectivity index (χ0v) is 20.2. The van der Waals surface area contributed by atoms with Crippen LogP contribution in [0.5, 0.6) is 11.5 Å². The van der Waals surface area contributed by atoms with E-state index >= 15 is 0 Å². The van der Waals surface area contributed by atoms with Gasteiger partial charge in [-0.1, -0.05) is 12.1 Å². The number of nitrogens with one attached hydrogen (secondary N) is 1. The van der Waals surface area contributed by atoms with Gasteiger partial charge in [0.25, 0.3) is 5.91 Å². The number of amides is 1. The Morgan fingerprint density at radius 3 is 2.13 bits per heavy atom. The van der Waals surface area contributed by atoms with Gasteiger partial charge in [0.2, 0.25) is 0 Å². The molecule has 0 aliphatic rings. The third-order valence-electron chi connectivity index (χ3n) is 4.11. The lowest BCUT2D eigenvalue weighted by Gasteiger charge is -2.11. The number of phenols is 1. The number of nitrogens with zero attached hydrogens (tertiary/aromatic N) is 1. The first-order valence-corrected chi connectivity index (χ1v) is 11.1. The number of carboxylic acid groups (broad SMARTS) is 1. The highest BCUT2D eigenvalue weighted by atomic mass is 127. The molecule has 0 spiro atoms. The molecular weight excluding hydrogens is 626 g/mol. The van der Waals surface area contributed by atoms with Gasteiger partial charge < -0.3 is 14.9 Å². The summed E-state index contributed by atoms with van der Waals surface area (Å²) in [4.78, 5) is 23.0. The lowest BCUT2D eigenvalue weighted by molar-refractivity contribution is 0.0696. The number of phenolic OH excluding ortho intramolecular Hbond substituents is 1. The SMILES string of the molecule is O=C(O)c1ccc(COc2c(I)cc(/C=N\NC(=O)c3ccc(O)cc3)cc2I)cc1. The van der Waals surface area contributed by atoms with Crippen LogP contribution in [-0.2, 0) is 6.61 Å². The van der Waals surface area contributed by atoms with Crippen molar-refractivity contribution < 1.29 is 24.5 Å². The number of rotatable bonds is 7. The second-order valence-electron chi connectivity index (χ2n) is 6.35. The number of carboxylic acids is 1. The molecule has 1 amide bonds. The topological polar surface area (TPSA) is 108 Å². The Morgan fingerprint density at radius 2 is 1.55 bits per heavy atom. The molecule has 158 valence electrons. The summed E-state index contributed by atoms with van der Waals surface area (Å²) in [6.07, 6.45) is 1.54. The molecule has 0 aliphatic carbocycles. The van der Waals surface area contributed by atoms with Crippen LogP contribution < -0.4 is 10.2 Å². The molecule has 0 saturated carbocycles. The fourth-order valence-electron chi connectivity index (χ4n) is 2.53. The highest BCUT2D eigenvalue weighted by Gasteiger charge is 2.10. The summed E-state index contributed by atoms with van der Waals surface area (Å²) in [5.74, 6) is -0.542. The van der Waals surface area contributed by atoms with Crippen LogP contribution in [0.3, 0.4) is 0 Å². The van der Waals surface area contributed by atoms with Crippen LogP contribution in [0.15, 0.2) is 65.8 Å². The molecule has 0 heterocycles. The largest absolute Gasteiger partial charge is 0.508 e. The molecule has 9 heteroatoms. The van der Waals surface area contributed by atoms with Gasteiger partial charge in [0.05, 0.1) is 18.9 Å². The van der Waals surface area contributed by atoms with Crippen LogP contribution in [0.2, 0.25) is 0 Å². The minimum atomic E-state index is -0.965. The molecule has 0 fully saturated rings. The van der Waals surface area contributed by atoms with Crippen molar-refractivity contribution in [2.75, 3.05) is 0 Å². The van der Waals surface area contributed by atoms with Crippen molar-refractivity contribution in [3.05, 3.63) is 90.1 Å². The molecule has 0 aliphatic heterocycles. The van der Waals surface area contributed by atoms with Crippen molar-refractivity contribution in [2.45, 2.75) is 6.61 Å². The molecule has 0 unspecified atom stereocenters. The van der Waals surface area contributed by atoms with Crippen LogP contribution in [-0.4, -0.2) is 28.3 Å². The van der Waals surface area contributed by atoms with Gasteiger partial charge in [-0.3, -0.25) is 4.79 Å². The Morgan fingerprint density at radius 1 is 0.968 bits per heavy atom. The zero-order valence-electron chi connectivity index (χ0n) is 15.9. The lowest BCUT2D eigenvalue weighted by Crippen LogP contribution is -2.17. The van der Waals surface area contributed by atoms with Gasteiger partial charge in [-0.15, -0.1) is 0 Å². The number of benzene rings is 3. The van der Waals surface area contributed by atoms with E-state index in [0.29, 0.717) is 17.9 Å². The highest BCUT2D eigenvalue weighted by molar-refractivity contribution is 14.1. The van der Waals surface area contributed by atoms with E-state index in [4.69, 9.17) is 9.84 Å². The van der Waals surface area contributed by atoms with Gasteiger partial charge in [-0.25, -0.2) is 10.2 Å². The number of ether oxygens (including phenoxy) is 1. The molecule has 0 atom stereocenters. The van der Waals surface area contributed by atoms with Gasteiger partial charge in [-0.2, -0.15) is 5.10 Å². The number of carbonyl (C=O) groups is 2. The second kappa shape index (κ2) is 10.6. The Bertz CT molecular complexity index is 1110. The quantitative estimate of drug-likeness (QED) is 0.198. The van der Waals surface area contributed by atoms with E-state index in [0.717, 1.165) is 18.3 Å². The lowest BCUT2D eigenvalue weighted by atomic mass is 10.1. The van der Waals surface area contributed by atoms with Crippen molar-refractivity contribution >= 4 is 63.3 Å². The molecule has 7 nitrogen and oxygen atoms in total. The summed E-state index contributed by atoms with van der Waals surface area (Å²) >= 11 is 4.33. The summed E-state index contributed by atoms with van der Waals surface area (Å²) in [5, 5.41) is 22.2. The van der Waals surface area contributed by atoms with Crippen molar-refractivity contribution in [1.82, 2.24) is 5.43 Å². The fourth-order valence-corrected chi connectivity index (χ4v) is 4.66. The molecule has 3 aromatic carbocycles. The first kappa shape index (κ1) is 23.0. The minimum Gasteiger partial charge on any atom is -0.508 e. The van der Waals surface area contributed by atoms with Crippen molar-refractivity contribution in [3.8, 4) is 11.5 Å². The normalized spacial score (nSPS) is 10.8. The van der Waals surface area contributed by atoms with E-state index in [1.807, 2.05) is 12.1 Å². The Kier molecular flexibility index (Phi) is 7.85. The molecule has 31 heavy (non-hydrogen) atoms. The van der Waals surface area contributed by atoms with E-state index in [2.05, 4.69) is 55.7 Å². The average molecular weight is 642 g/mol. The fraction of sp³-hybridized carbons (Fsp3) is 0.0455. The highest BCUT2D eigenvalue weighted by Crippen LogP contribution is 2.29. The number of hydrogen-bond acceptors (Lipinski definition) is 5. The summed E-state index contributed by atoms with van der Waals surface area (Å²) in [6.45, 7) is 0.308. The van der Waals surface area contributed by atoms with Crippen LogP contribution in [0.25, 0.3) is 0 Å². The second-order valence-corrected chi connectivity index (χ2v) is 8.67. The smallest absolute Gasteiger partial charge is 0.335 e. The van der Waals surface area contributed by atoms with E-state index in [-0.39, 0.29) is 17.2 Å². The van der Waals surface area contributed by atoms with E-state index in [1.54, 1.807) is 24.3 Å². The van der Waals surface area contributed by atoms with Crippen LogP contribution in [0.1, 0.15) is 31.8 Å². The Balaban J connectivity index is 1.62. The van der Waals surface area contributed by atoms with Gasteiger partial charge in [-0.05, 0) is 105 Å². The monoisotopic (exact) mass is 642 g/mol. The average Bonchev–Trinajstić information content (AvgIpc) is 2.74. The first-order valence-electron chi connectivity index (χ1n) is 8.90. The molecule has 3 rings (SSSR count). The number of aromatic hydroxyl groups is 1. The summed E-state index contributed by atoms with van der Waals surface area (Å²) in [6, 6.07) is 16.2. The number of aromatic carboxylic acids is 1. The van der Waals surface area contributed by atoms with Gasteiger partial charge in [0.15, 0.2) is 0 Å². The van der Waals surface area contributed by atoms with Gasteiger partial charge in [0, 0.05) is 5.56 Å². The van der Waals surface area contributed by atoms with Gasteiger partial charge in [0.1, 0.15) is 18.1 Å². The van der Waals surface area contributed by atoms with E-state index in [1.165, 1.54) is 30.5 Å². The van der Waals surface area contributed by atoms with Crippen LogP contribution >= 0.6 is 45.2 Å². The summed E-state index contributed by atoms with van der Waals surface area (Å²) in [5.41, 5.74) is 4.72. The van der Waals surface area contributed by atoms with Crippen molar-refractivity contribution in [1.29, 1.82) is 0 Å². The number of hydrogen-bond donors (Lipinski definition) is 3. The predicted octanol–water partition coefficient (Wildman–Crippen LogP) is 4.64. The minimum absolute atomic E-state index is 0.0868. The molecular formula is C22H16I2N2O5.